The van der Waals surface area contributed by atoms with Gasteiger partial charge in [0.15, 0.2) is 5.16 Å². The number of nitrogens with zero attached hydrogens (tertiary/aromatic N) is 5. The predicted molar refractivity (Wildman–Crippen MR) is 126 cm³/mol. The largest absolute Gasteiger partial charge is 0.342 e. The molecule has 0 aliphatic carbocycles. The summed E-state index contributed by atoms with van der Waals surface area (Å²) in [6.45, 7) is 4.24. The Kier molecular flexibility index (Phi) is 5.70. The van der Waals surface area contributed by atoms with E-state index in [0.717, 1.165) is 30.6 Å². The molecule has 1 aliphatic heterocycles. The van der Waals surface area contributed by atoms with Crippen molar-refractivity contribution in [3.8, 4) is 0 Å². The molecule has 7 nitrogen and oxygen atoms in total. The van der Waals surface area contributed by atoms with Crippen molar-refractivity contribution in [1.82, 2.24) is 24.1 Å². The van der Waals surface area contributed by atoms with Gasteiger partial charge in [-0.2, -0.15) is 0 Å². The quantitative estimate of drug-likeness (QED) is 0.438. The summed E-state index contributed by atoms with van der Waals surface area (Å²) in [4.78, 5) is 28.0. The Labute approximate surface area is 190 Å². The average molecular weight is 448 g/mol. The van der Waals surface area contributed by atoms with Crippen LogP contribution < -0.4 is 5.56 Å². The summed E-state index contributed by atoms with van der Waals surface area (Å²) < 4.78 is 3.55. The summed E-state index contributed by atoms with van der Waals surface area (Å²) in [5.41, 5.74) is 1.67. The van der Waals surface area contributed by atoms with Crippen LogP contribution in [0.4, 0.5) is 0 Å². The van der Waals surface area contributed by atoms with Gasteiger partial charge in [-0.25, -0.2) is 0 Å². The fourth-order valence-electron chi connectivity index (χ4n) is 4.37. The Morgan fingerprint density at radius 2 is 1.88 bits per heavy atom. The van der Waals surface area contributed by atoms with Crippen LogP contribution >= 0.6 is 11.8 Å². The van der Waals surface area contributed by atoms with E-state index in [4.69, 9.17) is 0 Å². The van der Waals surface area contributed by atoms with Crippen molar-refractivity contribution in [2.75, 3.05) is 18.8 Å². The number of para-hydroxylation sites is 1. The van der Waals surface area contributed by atoms with Crippen molar-refractivity contribution in [2.24, 2.45) is 5.92 Å². The number of amides is 1. The Hall–Kier alpha value is -3.13. The Balaban J connectivity index is 1.52. The van der Waals surface area contributed by atoms with Crippen LogP contribution in [0.2, 0.25) is 0 Å². The fraction of sp³-hybridized carbons (Fsp3) is 0.333. The Bertz CT molecular complexity index is 1330. The van der Waals surface area contributed by atoms with E-state index in [2.05, 4.69) is 17.1 Å². The van der Waals surface area contributed by atoms with E-state index in [-0.39, 0.29) is 11.5 Å². The molecule has 1 unspecified atom stereocenters. The standard InChI is InChI=1S/C24H25N5O2S/c1-17-8-7-13-27(14-17)21(30)16-32-24-26-25-23-28(15-18-9-3-2-4-10-18)22(31)19-11-5-6-12-20(19)29(23)24/h2-6,9-12,17H,7-8,13-16H2,1H3. The van der Waals surface area contributed by atoms with E-state index in [9.17, 15) is 9.59 Å². The minimum atomic E-state index is -0.0979. The molecular formula is C24H25N5O2S. The summed E-state index contributed by atoms with van der Waals surface area (Å²) in [6.07, 6.45) is 2.23. The highest BCUT2D eigenvalue weighted by Gasteiger charge is 2.22. The third-order valence-electron chi connectivity index (χ3n) is 6.00. The van der Waals surface area contributed by atoms with Crippen LogP contribution in [0.25, 0.3) is 16.7 Å². The normalized spacial score (nSPS) is 16.7. The van der Waals surface area contributed by atoms with Gasteiger partial charge in [0.25, 0.3) is 5.56 Å². The van der Waals surface area contributed by atoms with E-state index in [1.54, 1.807) is 4.57 Å². The number of fused-ring (bicyclic) bond motifs is 3. The lowest BCUT2D eigenvalue weighted by atomic mass is 10.0. The first-order chi connectivity index (χ1) is 15.6. The molecule has 0 saturated carbocycles. The molecule has 0 N–H and O–H groups in total. The second kappa shape index (κ2) is 8.78. The molecule has 3 heterocycles. The van der Waals surface area contributed by atoms with Crippen LogP contribution in [-0.2, 0) is 11.3 Å². The molecule has 0 bridgehead atoms. The lowest BCUT2D eigenvalue weighted by molar-refractivity contribution is -0.130. The van der Waals surface area contributed by atoms with Crippen molar-refractivity contribution in [1.29, 1.82) is 0 Å². The Morgan fingerprint density at radius 3 is 2.69 bits per heavy atom. The van der Waals surface area contributed by atoms with Crippen molar-refractivity contribution in [3.63, 3.8) is 0 Å². The second-order valence-corrected chi connectivity index (χ2v) is 9.33. The van der Waals surface area contributed by atoms with Crippen LogP contribution in [0.15, 0.2) is 64.5 Å². The molecular weight excluding hydrogens is 422 g/mol. The zero-order valence-corrected chi connectivity index (χ0v) is 18.8. The van der Waals surface area contributed by atoms with Crippen LogP contribution in [0, 0.1) is 5.92 Å². The zero-order valence-electron chi connectivity index (χ0n) is 18.0. The van der Waals surface area contributed by atoms with Crippen LogP contribution in [0.3, 0.4) is 0 Å². The molecule has 1 atom stereocenters. The van der Waals surface area contributed by atoms with Gasteiger partial charge in [-0.3, -0.25) is 18.6 Å². The predicted octanol–water partition coefficient (Wildman–Crippen LogP) is 3.44. The SMILES string of the molecule is CC1CCCN(C(=O)CSc2nnc3n(Cc4ccccc4)c(=O)c4ccccc4n23)C1. The van der Waals surface area contributed by atoms with E-state index in [0.29, 0.717) is 34.5 Å². The summed E-state index contributed by atoms with van der Waals surface area (Å²) in [5.74, 6) is 1.46. The highest BCUT2D eigenvalue weighted by Crippen LogP contribution is 2.23. The van der Waals surface area contributed by atoms with Gasteiger partial charge in [-0.05, 0) is 36.5 Å². The molecule has 8 heteroatoms. The molecule has 1 amide bonds. The number of hydrogen-bond acceptors (Lipinski definition) is 5. The van der Waals surface area contributed by atoms with Crippen LogP contribution in [-0.4, -0.2) is 48.8 Å². The number of rotatable bonds is 5. The van der Waals surface area contributed by atoms with Gasteiger partial charge >= 0.3 is 0 Å². The minimum absolute atomic E-state index is 0.0979. The summed E-state index contributed by atoms with van der Waals surface area (Å²) in [5, 5.41) is 9.95. The van der Waals surface area contributed by atoms with Gasteiger partial charge in [0, 0.05) is 13.1 Å². The summed E-state index contributed by atoms with van der Waals surface area (Å²) >= 11 is 1.38. The molecule has 5 rings (SSSR count). The maximum atomic E-state index is 13.3. The maximum absolute atomic E-state index is 13.3. The van der Waals surface area contributed by atoms with E-state index < -0.39 is 0 Å². The van der Waals surface area contributed by atoms with Gasteiger partial charge in [0.05, 0.1) is 23.2 Å². The molecule has 1 aliphatic rings. The molecule has 0 spiro atoms. The Morgan fingerprint density at radius 1 is 1.09 bits per heavy atom. The minimum Gasteiger partial charge on any atom is -0.342 e. The molecule has 0 radical (unpaired) electrons. The lowest BCUT2D eigenvalue weighted by Crippen LogP contribution is -2.40. The highest BCUT2D eigenvalue weighted by atomic mass is 32.2. The van der Waals surface area contributed by atoms with Gasteiger partial charge in [0.1, 0.15) is 0 Å². The number of carbonyl (C=O) groups excluding carboxylic acids is 1. The van der Waals surface area contributed by atoms with Gasteiger partial charge in [0.2, 0.25) is 11.7 Å². The van der Waals surface area contributed by atoms with E-state index >= 15 is 0 Å². The summed E-state index contributed by atoms with van der Waals surface area (Å²) in [6, 6.07) is 17.3. The number of aromatic nitrogens is 4. The maximum Gasteiger partial charge on any atom is 0.263 e. The molecule has 1 fully saturated rings. The van der Waals surface area contributed by atoms with Crippen molar-refractivity contribution in [3.05, 3.63) is 70.5 Å². The van der Waals surface area contributed by atoms with E-state index in [1.807, 2.05) is 63.9 Å². The molecule has 4 aromatic rings. The molecule has 164 valence electrons. The average Bonchev–Trinajstić information content (AvgIpc) is 3.25. The van der Waals surface area contributed by atoms with Gasteiger partial charge in [-0.15, -0.1) is 10.2 Å². The second-order valence-electron chi connectivity index (χ2n) is 8.39. The lowest BCUT2D eigenvalue weighted by Gasteiger charge is -2.30. The van der Waals surface area contributed by atoms with Crippen LogP contribution in [0.1, 0.15) is 25.3 Å². The number of likely N-dealkylation sites (tertiary alicyclic amines) is 1. The first kappa shape index (κ1) is 20.8. The molecule has 2 aromatic carbocycles. The monoisotopic (exact) mass is 447 g/mol. The third-order valence-corrected chi connectivity index (χ3v) is 6.91. The number of hydrogen-bond donors (Lipinski definition) is 0. The summed E-state index contributed by atoms with van der Waals surface area (Å²) in [7, 11) is 0. The molecule has 32 heavy (non-hydrogen) atoms. The molecule has 1 saturated heterocycles. The van der Waals surface area contributed by atoms with Crippen LogP contribution in [0.5, 0.6) is 0 Å². The molecule has 2 aromatic heterocycles. The topological polar surface area (TPSA) is 72.5 Å². The third kappa shape index (κ3) is 3.90. The van der Waals surface area contributed by atoms with Gasteiger partial charge < -0.3 is 4.90 Å². The number of carbonyl (C=O) groups is 1. The van der Waals surface area contributed by atoms with E-state index in [1.165, 1.54) is 18.2 Å². The smallest absolute Gasteiger partial charge is 0.263 e. The number of thioether (sulfide) groups is 1. The highest BCUT2D eigenvalue weighted by molar-refractivity contribution is 7.99. The van der Waals surface area contributed by atoms with Crippen molar-refractivity contribution >= 4 is 34.3 Å². The number of piperidine rings is 1. The van der Waals surface area contributed by atoms with Crippen molar-refractivity contribution < 1.29 is 4.79 Å². The zero-order chi connectivity index (χ0) is 22.1. The van der Waals surface area contributed by atoms with Gasteiger partial charge in [-0.1, -0.05) is 61.2 Å². The fourth-order valence-corrected chi connectivity index (χ4v) is 5.21. The first-order valence-electron chi connectivity index (χ1n) is 10.9. The van der Waals surface area contributed by atoms with Crippen molar-refractivity contribution in [2.45, 2.75) is 31.5 Å². The first-order valence-corrected chi connectivity index (χ1v) is 11.9. The number of benzene rings is 2.